The number of benzene rings is 1. The maximum atomic E-state index is 12.3. The van der Waals surface area contributed by atoms with Crippen LogP contribution in [0.15, 0.2) is 24.3 Å². The SMILES string of the molecule is COc1ccc(OCCCC(=O)Nc2nnc(C(F)F)s2)cc1. The molecule has 2 aromatic rings. The lowest BCUT2D eigenvalue weighted by Gasteiger charge is -2.06. The number of hydrogen-bond acceptors (Lipinski definition) is 6. The predicted molar refractivity (Wildman–Crippen MR) is 81.2 cm³/mol. The number of carbonyl (C=O) groups is 1. The van der Waals surface area contributed by atoms with Crippen LogP contribution in [0.4, 0.5) is 13.9 Å². The highest BCUT2D eigenvalue weighted by atomic mass is 32.1. The van der Waals surface area contributed by atoms with Gasteiger partial charge in [-0.05, 0) is 30.7 Å². The predicted octanol–water partition coefficient (Wildman–Crippen LogP) is 3.28. The first-order valence-electron chi connectivity index (χ1n) is 6.76. The second kappa shape index (κ2) is 8.37. The molecule has 0 aliphatic heterocycles. The van der Waals surface area contributed by atoms with E-state index in [0.717, 1.165) is 5.75 Å². The summed E-state index contributed by atoms with van der Waals surface area (Å²) in [5, 5.41) is 8.86. The number of methoxy groups -OCH3 is 1. The Morgan fingerprint density at radius 3 is 2.57 bits per heavy atom. The molecule has 6 nitrogen and oxygen atoms in total. The summed E-state index contributed by atoms with van der Waals surface area (Å²) in [5.41, 5.74) is 0. The molecule has 0 radical (unpaired) electrons. The molecule has 0 aliphatic rings. The van der Waals surface area contributed by atoms with E-state index in [0.29, 0.717) is 30.1 Å². The summed E-state index contributed by atoms with van der Waals surface area (Å²) < 4.78 is 35.2. The number of anilines is 1. The summed E-state index contributed by atoms with van der Waals surface area (Å²) in [6, 6.07) is 7.09. The molecule has 1 aromatic heterocycles. The summed E-state index contributed by atoms with van der Waals surface area (Å²) in [7, 11) is 1.58. The van der Waals surface area contributed by atoms with Gasteiger partial charge in [0.2, 0.25) is 11.0 Å². The first-order valence-corrected chi connectivity index (χ1v) is 7.58. The molecule has 1 aromatic carbocycles. The summed E-state index contributed by atoms with van der Waals surface area (Å²) >= 11 is 0.662. The maximum absolute atomic E-state index is 12.3. The maximum Gasteiger partial charge on any atom is 0.291 e. The van der Waals surface area contributed by atoms with Crippen molar-refractivity contribution in [1.29, 1.82) is 0 Å². The molecule has 9 heteroatoms. The highest BCUT2D eigenvalue weighted by Gasteiger charge is 2.15. The van der Waals surface area contributed by atoms with E-state index in [1.807, 2.05) is 0 Å². The highest BCUT2D eigenvalue weighted by Crippen LogP contribution is 2.25. The molecule has 0 unspecified atom stereocenters. The molecular weight excluding hydrogens is 328 g/mol. The first kappa shape index (κ1) is 17.1. The Hall–Kier alpha value is -2.29. The quantitative estimate of drug-likeness (QED) is 0.745. The monoisotopic (exact) mass is 343 g/mol. The van der Waals surface area contributed by atoms with Crippen LogP contribution in [-0.4, -0.2) is 29.8 Å². The summed E-state index contributed by atoms with van der Waals surface area (Å²) in [6.07, 6.45) is -2.01. The van der Waals surface area contributed by atoms with Gasteiger partial charge >= 0.3 is 0 Å². The van der Waals surface area contributed by atoms with Crippen molar-refractivity contribution in [2.75, 3.05) is 19.0 Å². The standard InChI is InChI=1S/C14H15F2N3O3S/c1-21-9-4-6-10(7-5-9)22-8-2-3-11(20)17-14-19-18-13(23-14)12(15)16/h4-7,12H,2-3,8H2,1H3,(H,17,19,20). The molecule has 1 amide bonds. The van der Waals surface area contributed by atoms with Gasteiger partial charge in [0.05, 0.1) is 13.7 Å². The van der Waals surface area contributed by atoms with Crippen molar-refractivity contribution >= 4 is 22.4 Å². The number of halogens is 2. The number of carbonyl (C=O) groups excluding carboxylic acids is 1. The summed E-state index contributed by atoms with van der Waals surface area (Å²) in [4.78, 5) is 11.7. The third kappa shape index (κ3) is 5.44. The van der Waals surface area contributed by atoms with Crippen molar-refractivity contribution in [3.63, 3.8) is 0 Å². The molecule has 0 saturated carbocycles. The van der Waals surface area contributed by atoms with Crippen LogP contribution in [-0.2, 0) is 4.79 Å². The van der Waals surface area contributed by atoms with Gasteiger partial charge in [0.1, 0.15) is 11.5 Å². The Bertz CT molecular complexity index is 634. The zero-order valence-electron chi connectivity index (χ0n) is 12.3. The van der Waals surface area contributed by atoms with Crippen LogP contribution in [0.5, 0.6) is 11.5 Å². The lowest BCUT2D eigenvalue weighted by atomic mass is 10.3. The lowest BCUT2D eigenvalue weighted by Crippen LogP contribution is -2.12. The van der Waals surface area contributed by atoms with E-state index >= 15 is 0 Å². The van der Waals surface area contributed by atoms with Crippen LogP contribution in [0.3, 0.4) is 0 Å². The second-order valence-corrected chi connectivity index (χ2v) is 5.43. The van der Waals surface area contributed by atoms with E-state index in [9.17, 15) is 13.6 Å². The largest absolute Gasteiger partial charge is 0.497 e. The molecule has 0 aliphatic carbocycles. The molecule has 1 heterocycles. The zero-order valence-corrected chi connectivity index (χ0v) is 13.1. The lowest BCUT2D eigenvalue weighted by molar-refractivity contribution is -0.116. The molecule has 0 saturated heterocycles. The third-order valence-electron chi connectivity index (χ3n) is 2.75. The van der Waals surface area contributed by atoms with Crippen molar-refractivity contribution in [2.24, 2.45) is 0 Å². The smallest absolute Gasteiger partial charge is 0.291 e. The number of hydrogen-bond donors (Lipinski definition) is 1. The van der Waals surface area contributed by atoms with Crippen LogP contribution in [0, 0.1) is 0 Å². The number of rotatable bonds is 8. The Morgan fingerprint density at radius 2 is 1.96 bits per heavy atom. The molecular formula is C14H15F2N3O3S. The molecule has 23 heavy (non-hydrogen) atoms. The van der Waals surface area contributed by atoms with Gasteiger partial charge in [0, 0.05) is 6.42 Å². The first-order chi connectivity index (χ1) is 11.1. The molecule has 0 atom stereocenters. The Morgan fingerprint density at radius 1 is 1.26 bits per heavy atom. The molecule has 0 bridgehead atoms. The topological polar surface area (TPSA) is 73.3 Å². The van der Waals surface area contributed by atoms with Crippen LogP contribution in [0.1, 0.15) is 24.3 Å². The number of alkyl halides is 2. The van der Waals surface area contributed by atoms with Gasteiger partial charge in [0.25, 0.3) is 6.43 Å². The van der Waals surface area contributed by atoms with E-state index in [1.165, 1.54) is 0 Å². The Kier molecular flexibility index (Phi) is 6.21. The van der Waals surface area contributed by atoms with Gasteiger partial charge in [-0.1, -0.05) is 11.3 Å². The molecule has 0 spiro atoms. The van der Waals surface area contributed by atoms with Crippen molar-refractivity contribution in [1.82, 2.24) is 10.2 Å². The third-order valence-corrected chi connectivity index (χ3v) is 3.60. The van der Waals surface area contributed by atoms with Crippen molar-refractivity contribution < 1.29 is 23.0 Å². The van der Waals surface area contributed by atoms with E-state index in [1.54, 1.807) is 31.4 Å². The minimum absolute atomic E-state index is 0.0707. The highest BCUT2D eigenvalue weighted by molar-refractivity contribution is 7.15. The van der Waals surface area contributed by atoms with Crippen LogP contribution >= 0.6 is 11.3 Å². The van der Waals surface area contributed by atoms with Gasteiger partial charge in [-0.25, -0.2) is 8.78 Å². The zero-order chi connectivity index (χ0) is 16.7. The fourth-order valence-corrected chi connectivity index (χ4v) is 2.27. The van der Waals surface area contributed by atoms with Gasteiger partial charge < -0.3 is 14.8 Å². The Balaban J connectivity index is 1.67. The van der Waals surface area contributed by atoms with Crippen molar-refractivity contribution in [3.8, 4) is 11.5 Å². The van der Waals surface area contributed by atoms with Crippen LogP contribution < -0.4 is 14.8 Å². The van der Waals surface area contributed by atoms with E-state index in [4.69, 9.17) is 9.47 Å². The second-order valence-electron chi connectivity index (χ2n) is 4.42. The average Bonchev–Trinajstić information content (AvgIpc) is 3.01. The number of aromatic nitrogens is 2. The number of nitrogens with zero attached hydrogens (tertiary/aromatic N) is 2. The molecule has 1 N–H and O–H groups in total. The van der Waals surface area contributed by atoms with Gasteiger partial charge in [0.15, 0.2) is 5.01 Å². The van der Waals surface area contributed by atoms with Crippen LogP contribution in [0.25, 0.3) is 0 Å². The number of ether oxygens (including phenoxy) is 2. The fourth-order valence-electron chi connectivity index (χ4n) is 1.65. The Labute approximate surface area is 135 Å². The number of nitrogens with one attached hydrogen (secondary N) is 1. The normalized spacial score (nSPS) is 10.6. The van der Waals surface area contributed by atoms with Gasteiger partial charge in [-0.2, -0.15) is 0 Å². The van der Waals surface area contributed by atoms with Crippen LogP contribution in [0.2, 0.25) is 0 Å². The molecule has 124 valence electrons. The van der Waals surface area contributed by atoms with E-state index in [2.05, 4.69) is 15.5 Å². The average molecular weight is 343 g/mol. The van der Waals surface area contributed by atoms with Crippen molar-refractivity contribution in [2.45, 2.75) is 19.3 Å². The van der Waals surface area contributed by atoms with E-state index in [-0.39, 0.29) is 17.5 Å². The van der Waals surface area contributed by atoms with E-state index < -0.39 is 11.4 Å². The minimum Gasteiger partial charge on any atom is -0.497 e. The van der Waals surface area contributed by atoms with Crippen molar-refractivity contribution in [3.05, 3.63) is 29.3 Å². The molecule has 0 fully saturated rings. The van der Waals surface area contributed by atoms with Gasteiger partial charge in [-0.3, -0.25) is 4.79 Å². The summed E-state index contributed by atoms with van der Waals surface area (Å²) in [5.74, 6) is 1.09. The summed E-state index contributed by atoms with van der Waals surface area (Å²) in [6.45, 7) is 0.359. The molecule has 2 rings (SSSR count). The number of amides is 1. The minimum atomic E-state index is -2.68. The van der Waals surface area contributed by atoms with Gasteiger partial charge in [-0.15, -0.1) is 10.2 Å². The fraction of sp³-hybridized carbons (Fsp3) is 0.357.